The third-order valence-corrected chi connectivity index (χ3v) is 6.16. The number of benzene rings is 1. The summed E-state index contributed by atoms with van der Waals surface area (Å²) in [5, 5.41) is 9.06. The highest BCUT2D eigenvalue weighted by molar-refractivity contribution is 5.90. The first-order chi connectivity index (χ1) is 17.4. The molecule has 5 rings (SSSR count). The molecule has 13 heteroatoms. The number of aromatic nitrogens is 6. The lowest BCUT2D eigenvalue weighted by Gasteiger charge is -2.36. The standard InChI is InChI=1S/C23H27F2N9O2/c1-15(24)20-28-22-17-14-27-33(21(17)29-23(26)34(22)30-20)10-7-31-5-8-32(9-6-31)19-4-3-16(13-18(19)25)36-12-11-35-2/h3-4,13-14H,1,5-12H2,2H3,(H2,26,29). The van der Waals surface area contributed by atoms with Crippen molar-refractivity contribution < 1.29 is 18.3 Å². The first-order valence-corrected chi connectivity index (χ1v) is 11.6. The minimum atomic E-state index is -0.746. The highest BCUT2D eigenvalue weighted by atomic mass is 19.1. The lowest BCUT2D eigenvalue weighted by atomic mass is 10.2. The van der Waals surface area contributed by atoms with Crippen molar-refractivity contribution in [2.75, 3.05) is 63.7 Å². The highest BCUT2D eigenvalue weighted by Gasteiger charge is 2.21. The van der Waals surface area contributed by atoms with Gasteiger partial charge in [0.25, 0.3) is 0 Å². The van der Waals surface area contributed by atoms with Crippen LogP contribution in [0.5, 0.6) is 5.75 Å². The Hall–Kier alpha value is -3.84. The van der Waals surface area contributed by atoms with Crippen molar-refractivity contribution in [1.82, 2.24) is 34.3 Å². The molecule has 2 N–H and O–H groups in total. The number of hydrogen-bond donors (Lipinski definition) is 1. The van der Waals surface area contributed by atoms with Gasteiger partial charge in [-0.25, -0.2) is 18.4 Å². The Balaban J connectivity index is 1.21. The lowest BCUT2D eigenvalue weighted by Crippen LogP contribution is -2.47. The molecule has 1 saturated heterocycles. The number of nitrogen functional groups attached to an aromatic ring is 1. The van der Waals surface area contributed by atoms with Crippen molar-refractivity contribution in [3.05, 3.63) is 42.6 Å². The summed E-state index contributed by atoms with van der Waals surface area (Å²) < 4.78 is 41.7. The summed E-state index contributed by atoms with van der Waals surface area (Å²) in [6.45, 7) is 8.30. The number of nitrogens with two attached hydrogens (primary N) is 1. The van der Waals surface area contributed by atoms with E-state index in [-0.39, 0.29) is 17.6 Å². The van der Waals surface area contributed by atoms with Crippen LogP contribution in [0.1, 0.15) is 5.82 Å². The maximum absolute atomic E-state index is 14.7. The average Bonchev–Trinajstić information content (AvgIpc) is 3.49. The molecule has 0 atom stereocenters. The Bertz CT molecular complexity index is 1400. The molecular formula is C23H27F2N9O2. The third kappa shape index (κ3) is 4.66. The third-order valence-electron chi connectivity index (χ3n) is 6.16. The van der Waals surface area contributed by atoms with Gasteiger partial charge >= 0.3 is 0 Å². The Morgan fingerprint density at radius 2 is 1.92 bits per heavy atom. The normalized spacial score (nSPS) is 14.7. The van der Waals surface area contributed by atoms with Gasteiger partial charge in [0.2, 0.25) is 11.8 Å². The zero-order chi connectivity index (χ0) is 25.2. The number of methoxy groups -OCH3 is 1. The Morgan fingerprint density at radius 3 is 2.64 bits per heavy atom. The molecule has 0 unspecified atom stereocenters. The van der Waals surface area contributed by atoms with Gasteiger partial charge in [0.05, 0.1) is 30.4 Å². The topological polar surface area (TPSA) is 112 Å². The zero-order valence-corrected chi connectivity index (χ0v) is 19.9. The van der Waals surface area contributed by atoms with Crippen molar-refractivity contribution >= 4 is 34.1 Å². The van der Waals surface area contributed by atoms with Gasteiger partial charge in [-0.2, -0.15) is 14.6 Å². The number of rotatable bonds is 9. The summed E-state index contributed by atoms with van der Waals surface area (Å²) in [6.07, 6.45) is 1.62. The van der Waals surface area contributed by atoms with E-state index in [4.69, 9.17) is 15.2 Å². The fourth-order valence-electron chi connectivity index (χ4n) is 4.26. The van der Waals surface area contributed by atoms with Crippen LogP contribution < -0.4 is 15.4 Å². The number of nitrogens with zero attached hydrogens (tertiary/aromatic N) is 8. The highest BCUT2D eigenvalue weighted by Crippen LogP contribution is 2.26. The molecule has 0 bridgehead atoms. The first-order valence-electron chi connectivity index (χ1n) is 11.6. The van der Waals surface area contributed by atoms with Crippen LogP contribution in [0.15, 0.2) is 31.0 Å². The van der Waals surface area contributed by atoms with Crippen LogP contribution in [-0.4, -0.2) is 87.3 Å². The van der Waals surface area contributed by atoms with E-state index < -0.39 is 5.83 Å². The second-order valence-corrected chi connectivity index (χ2v) is 8.43. The number of halogens is 2. The van der Waals surface area contributed by atoms with Gasteiger partial charge < -0.3 is 20.1 Å². The molecule has 4 aromatic rings. The molecule has 0 saturated carbocycles. The summed E-state index contributed by atoms with van der Waals surface area (Å²) in [4.78, 5) is 12.9. The smallest absolute Gasteiger partial charge is 0.225 e. The molecule has 1 aliphatic heterocycles. The fourth-order valence-corrected chi connectivity index (χ4v) is 4.26. The van der Waals surface area contributed by atoms with E-state index in [0.717, 1.165) is 19.6 Å². The molecule has 0 spiro atoms. The molecule has 4 heterocycles. The first kappa shape index (κ1) is 23.9. The molecule has 0 aliphatic carbocycles. The molecule has 36 heavy (non-hydrogen) atoms. The monoisotopic (exact) mass is 499 g/mol. The molecule has 0 radical (unpaired) electrons. The second kappa shape index (κ2) is 10.0. The predicted octanol–water partition coefficient (Wildman–Crippen LogP) is 1.98. The van der Waals surface area contributed by atoms with Gasteiger partial charge in [-0.3, -0.25) is 4.90 Å². The SMILES string of the molecule is C=C(F)c1nc2c3cnn(CCN4CCN(c5ccc(OCCOC)cc5F)CC4)c3nc(N)n2n1. The van der Waals surface area contributed by atoms with Gasteiger partial charge in [-0.05, 0) is 12.1 Å². The van der Waals surface area contributed by atoms with Crippen LogP contribution in [0.4, 0.5) is 20.4 Å². The second-order valence-electron chi connectivity index (χ2n) is 8.43. The summed E-state index contributed by atoms with van der Waals surface area (Å²) in [5.41, 5.74) is 7.52. The number of fused-ring (bicyclic) bond motifs is 3. The zero-order valence-electron chi connectivity index (χ0n) is 19.9. The molecule has 0 amide bonds. The van der Waals surface area contributed by atoms with E-state index in [1.807, 2.05) is 4.90 Å². The van der Waals surface area contributed by atoms with Crippen molar-refractivity contribution in [3.8, 4) is 5.75 Å². The van der Waals surface area contributed by atoms with Crippen LogP contribution in [-0.2, 0) is 11.3 Å². The molecule has 1 aromatic carbocycles. The molecule has 1 aliphatic rings. The minimum absolute atomic E-state index is 0.0880. The number of hydrogen-bond acceptors (Lipinski definition) is 9. The van der Waals surface area contributed by atoms with Crippen molar-refractivity contribution in [1.29, 1.82) is 0 Å². The average molecular weight is 500 g/mol. The van der Waals surface area contributed by atoms with E-state index in [0.29, 0.717) is 61.0 Å². The molecular weight excluding hydrogens is 472 g/mol. The minimum Gasteiger partial charge on any atom is -0.491 e. The predicted molar refractivity (Wildman–Crippen MR) is 131 cm³/mol. The quantitative estimate of drug-likeness (QED) is 0.346. The molecule has 1 fully saturated rings. The molecule has 190 valence electrons. The Kier molecular flexibility index (Phi) is 6.65. The van der Waals surface area contributed by atoms with Gasteiger partial charge in [0.15, 0.2) is 17.1 Å². The summed E-state index contributed by atoms with van der Waals surface area (Å²) in [7, 11) is 1.59. The summed E-state index contributed by atoms with van der Waals surface area (Å²) in [6, 6.07) is 4.95. The van der Waals surface area contributed by atoms with Crippen molar-refractivity contribution in [3.63, 3.8) is 0 Å². The number of piperazine rings is 1. The lowest BCUT2D eigenvalue weighted by molar-refractivity contribution is 0.146. The van der Waals surface area contributed by atoms with Crippen LogP contribution in [0.2, 0.25) is 0 Å². The van der Waals surface area contributed by atoms with Gasteiger partial charge in [-0.1, -0.05) is 6.58 Å². The van der Waals surface area contributed by atoms with Gasteiger partial charge in [0, 0.05) is 45.9 Å². The number of anilines is 2. The van der Waals surface area contributed by atoms with E-state index in [1.54, 1.807) is 30.1 Å². The van der Waals surface area contributed by atoms with Crippen LogP contribution in [0.25, 0.3) is 22.5 Å². The van der Waals surface area contributed by atoms with E-state index in [2.05, 4.69) is 31.6 Å². The molecule has 11 nitrogen and oxygen atoms in total. The largest absolute Gasteiger partial charge is 0.491 e. The van der Waals surface area contributed by atoms with Gasteiger partial charge in [-0.15, -0.1) is 5.10 Å². The molecule has 3 aromatic heterocycles. The summed E-state index contributed by atoms with van der Waals surface area (Å²) >= 11 is 0. The van der Waals surface area contributed by atoms with Crippen LogP contribution >= 0.6 is 0 Å². The fraction of sp³-hybridized carbons (Fsp3) is 0.391. The maximum atomic E-state index is 14.7. The van der Waals surface area contributed by atoms with Crippen molar-refractivity contribution in [2.45, 2.75) is 6.54 Å². The van der Waals surface area contributed by atoms with Crippen LogP contribution in [0, 0.1) is 5.82 Å². The maximum Gasteiger partial charge on any atom is 0.225 e. The Labute approximate surface area is 205 Å². The summed E-state index contributed by atoms with van der Waals surface area (Å²) in [5.74, 6) is -0.605. The number of ether oxygens (including phenoxy) is 2. The van der Waals surface area contributed by atoms with E-state index >= 15 is 0 Å². The Morgan fingerprint density at radius 1 is 1.11 bits per heavy atom. The van der Waals surface area contributed by atoms with Crippen molar-refractivity contribution in [2.24, 2.45) is 0 Å². The van der Waals surface area contributed by atoms with E-state index in [1.165, 1.54) is 10.6 Å². The van der Waals surface area contributed by atoms with Crippen LogP contribution in [0.3, 0.4) is 0 Å². The van der Waals surface area contributed by atoms with E-state index in [9.17, 15) is 8.78 Å². The van der Waals surface area contributed by atoms with Gasteiger partial charge in [0.1, 0.15) is 18.2 Å².